The molecule has 0 atom stereocenters. The third-order valence-corrected chi connectivity index (χ3v) is 3.44. The second-order valence-electron chi connectivity index (χ2n) is 5.49. The van der Waals surface area contributed by atoms with Crippen LogP contribution in [0.3, 0.4) is 0 Å². The molecule has 20 heavy (non-hydrogen) atoms. The van der Waals surface area contributed by atoms with Gasteiger partial charge in [-0.15, -0.1) is 5.10 Å². The van der Waals surface area contributed by atoms with Crippen molar-refractivity contribution in [1.82, 2.24) is 15.0 Å². The summed E-state index contributed by atoms with van der Waals surface area (Å²) in [7, 11) is 0. The Hall–Kier alpha value is -1.87. The van der Waals surface area contributed by atoms with E-state index in [1.165, 1.54) is 0 Å². The third kappa shape index (κ3) is 3.36. The summed E-state index contributed by atoms with van der Waals surface area (Å²) in [5.74, 6) is 0. The number of halogens is 1. The van der Waals surface area contributed by atoms with Crippen LogP contribution in [-0.4, -0.2) is 15.0 Å². The molecule has 0 radical (unpaired) electrons. The minimum absolute atomic E-state index is 0.0692. The van der Waals surface area contributed by atoms with Crippen LogP contribution >= 0.6 is 15.9 Å². The summed E-state index contributed by atoms with van der Waals surface area (Å²) in [5.41, 5.74) is 2.35. The maximum atomic E-state index is 8.83. The number of aromatic nitrogens is 3. The number of rotatable bonds is 3. The van der Waals surface area contributed by atoms with Gasteiger partial charge in [0.05, 0.1) is 29.9 Å². The highest BCUT2D eigenvalue weighted by molar-refractivity contribution is 9.10. The van der Waals surface area contributed by atoms with Crippen molar-refractivity contribution >= 4 is 21.6 Å². The van der Waals surface area contributed by atoms with Crippen molar-refractivity contribution in [2.24, 2.45) is 0 Å². The molecule has 1 heterocycles. The Morgan fingerprint density at radius 3 is 2.70 bits per heavy atom. The molecule has 1 N–H and O–H groups in total. The summed E-state index contributed by atoms with van der Waals surface area (Å²) in [4.78, 5) is 0. The predicted molar refractivity (Wildman–Crippen MR) is 81.2 cm³/mol. The zero-order valence-corrected chi connectivity index (χ0v) is 13.3. The maximum absolute atomic E-state index is 8.83. The molecule has 0 bridgehead atoms. The first-order chi connectivity index (χ1) is 9.40. The lowest BCUT2D eigenvalue weighted by molar-refractivity contribution is 0.347. The van der Waals surface area contributed by atoms with Gasteiger partial charge in [0.2, 0.25) is 0 Å². The highest BCUT2D eigenvalue weighted by atomic mass is 79.9. The number of benzene rings is 1. The molecule has 0 unspecified atom stereocenters. The Bertz CT molecular complexity index is 648. The van der Waals surface area contributed by atoms with Crippen molar-refractivity contribution in [3.63, 3.8) is 0 Å². The molecule has 0 fully saturated rings. The largest absolute Gasteiger partial charge is 0.378 e. The molecule has 6 heteroatoms. The SMILES string of the molecule is CC(C)(C)n1cc(CNc2ccc(C#N)cc2Br)nn1. The molecular formula is C14H16BrN5. The lowest BCUT2D eigenvalue weighted by Crippen LogP contribution is -2.22. The first kappa shape index (κ1) is 14.5. The van der Waals surface area contributed by atoms with E-state index in [9.17, 15) is 0 Å². The van der Waals surface area contributed by atoms with Gasteiger partial charge in [-0.2, -0.15) is 5.26 Å². The second-order valence-corrected chi connectivity index (χ2v) is 6.34. The van der Waals surface area contributed by atoms with Crippen molar-refractivity contribution in [3.05, 3.63) is 40.1 Å². The van der Waals surface area contributed by atoms with Gasteiger partial charge in [0.25, 0.3) is 0 Å². The summed E-state index contributed by atoms with van der Waals surface area (Å²) in [6.07, 6.45) is 1.94. The standard InChI is InChI=1S/C14H16BrN5/c1-14(2,3)20-9-11(18-19-20)8-17-13-5-4-10(7-16)6-12(13)15/h4-6,9,17H,8H2,1-3H3. The van der Waals surface area contributed by atoms with Crippen molar-refractivity contribution in [2.75, 3.05) is 5.32 Å². The van der Waals surface area contributed by atoms with E-state index in [2.05, 4.69) is 58.4 Å². The topological polar surface area (TPSA) is 66.5 Å². The maximum Gasteiger partial charge on any atom is 0.102 e. The summed E-state index contributed by atoms with van der Waals surface area (Å²) in [6.45, 7) is 6.82. The zero-order valence-electron chi connectivity index (χ0n) is 11.7. The van der Waals surface area contributed by atoms with Crippen molar-refractivity contribution in [3.8, 4) is 6.07 Å². The Balaban J connectivity index is 2.06. The van der Waals surface area contributed by atoms with Crippen molar-refractivity contribution in [2.45, 2.75) is 32.9 Å². The molecule has 1 aromatic heterocycles. The molecule has 0 aliphatic rings. The zero-order chi connectivity index (χ0) is 14.8. The highest BCUT2D eigenvalue weighted by Crippen LogP contribution is 2.24. The average molecular weight is 334 g/mol. The number of nitrogens with zero attached hydrogens (tertiary/aromatic N) is 4. The van der Waals surface area contributed by atoms with Crippen LogP contribution in [0, 0.1) is 11.3 Å². The Morgan fingerprint density at radius 1 is 1.40 bits per heavy atom. The van der Waals surface area contributed by atoms with Gasteiger partial charge in [0, 0.05) is 10.2 Å². The van der Waals surface area contributed by atoms with Crippen LogP contribution in [0.1, 0.15) is 32.0 Å². The minimum atomic E-state index is -0.0692. The van der Waals surface area contributed by atoms with E-state index in [0.29, 0.717) is 12.1 Å². The summed E-state index contributed by atoms with van der Waals surface area (Å²) >= 11 is 3.44. The number of hydrogen-bond donors (Lipinski definition) is 1. The fourth-order valence-corrected chi connectivity index (χ4v) is 2.14. The quantitative estimate of drug-likeness (QED) is 0.935. The Kier molecular flexibility index (Phi) is 4.09. The fraction of sp³-hybridized carbons (Fsp3) is 0.357. The van der Waals surface area contributed by atoms with E-state index in [0.717, 1.165) is 15.9 Å². The summed E-state index contributed by atoms with van der Waals surface area (Å²) in [5, 5.41) is 20.4. The molecule has 2 aromatic rings. The van der Waals surface area contributed by atoms with Crippen LogP contribution in [0.4, 0.5) is 5.69 Å². The molecular weight excluding hydrogens is 318 g/mol. The van der Waals surface area contributed by atoms with Crippen molar-refractivity contribution in [1.29, 1.82) is 5.26 Å². The van der Waals surface area contributed by atoms with Crippen LogP contribution < -0.4 is 5.32 Å². The molecule has 0 amide bonds. The van der Waals surface area contributed by atoms with Gasteiger partial charge in [0.15, 0.2) is 0 Å². The van der Waals surface area contributed by atoms with E-state index in [1.54, 1.807) is 12.1 Å². The van der Waals surface area contributed by atoms with Gasteiger partial charge in [0.1, 0.15) is 5.69 Å². The third-order valence-electron chi connectivity index (χ3n) is 2.79. The Morgan fingerprint density at radius 2 is 2.15 bits per heavy atom. The van der Waals surface area contributed by atoms with E-state index >= 15 is 0 Å². The minimum Gasteiger partial charge on any atom is -0.378 e. The highest BCUT2D eigenvalue weighted by Gasteiger charge is 2.14. The molecule has 1 aromatic carbocycles. The van der Waals surface area contributed by atoms with Gasteiger partial charge in [-0.05, 0) is 54.9 Å². The second kappa shape index (κ2) is 5.63. The van der Waals surface area contributed by atoms with Gasteiger partial charge < -0.3 is 5.32 Å². The molecule has 0 saturated carbocycles. The van der Waals surface area contributed by atoms with E-state index in [4.69, 9.17) is 5.26 Å². The van der Waals surface area contributed by atoms with Gasteiger partial charge in [-0.25, -0.2) is 4.68 Å². The van der Waals surface area contributed by atoms with Crippen LogP contribution in [-0.2, 0) is 12.1 Å². The predicted octanol–water partition coefficient (Wildman–Crippen LogP) is 3.28. The lowest BCUT2D eigenvalue weighted by atomic mass is 10.1. The summed E-state index contributed by atoms with van der Waals surface area (Å²) in [6, 6.07) is 7.54. The van der Waals surface area contributed by atoms with E-state index in [1.807, 2.05) is 16.9 Å². The molecule has 0 spiro atoms. The number of anilines is 1. The molecule has 0 saturated heterocycles. The van der Waals surface area contributed by atoms with Crippen molar-refractivity contribution < 1.29 is 0 Å². The van der Waals surface area contributed by atoms with Crippen LogP contribution in [0.25, 0.3) is 0 Å². The van der Waals surface area contributed by atoms with Crippen LogP contribution in [0.15, 0.2) is 28.9 Å². The fourth-order valence-electron chi connectivity index (χ4n) is 1.62. The molecule has 0 aliphatic carbocycles. The summed E-state index contributed by atoms with van der Waals surface area (Å²) < 4.78 is 2.71. The average Bonchev–Trinajstić information content (AvgIpc) is 2.86. The first-order valence-corrected chi connectivity index (χ1v) is 7.04. The number of nitriles is 1. The van der Waals surface area contributed by atoms with Gasteiger partial charge in [-0.3, -0.25) is 0 Å². The molecule has 0 aliphatic heterocycles. The Labute approximate surface area is 126 Å². The number of nitrogens with one attached hydrogen (secondary N) is 1. The first-order valence-electron chi connectivity index (χ1n) is 6.25. The molecule has 5 nitrogen and oxygen atoms in total. The van der Waals surface area contributed by atoms with Gasteiger partial charge >= 0.3 is 0 Å². The van der Waals surface area contributed by atoms with Crippen LogP contribution in [0.5, 0.6) is 0 Å². The van der Waals surface area contributed by atoms with E-state index < -0.39 is 0 Å². The normalized spacial score (nSPS) is 11.2. The van der Waals surface area contributed by atoms with Gasteiger partial charge in [-0.1, -0.05) is 5.21 Å². The smallest absolute Gasteiger partial charge is 0.102 e. The molecule has 2 rings (SSSR count). The monoisotopic (exact) mass is 333 g/mol. The molecule has 104 valence electrons. The van der Waals surface area contributed by atoms with E-state index in [-0.39, 0.29) is 5.54 Å². The lowest BCUT2D eigenvalue weighted by Gasteiger charge is -2.17. The number of hydrogen-bond acceptors (Lipinski definition) is 4. The van der Waals surface area contributed by atoms with Crippen LogP contribution in [0.2, 0.25) is 0 Å².